The summed E-state index contributed by atoms with van der Waals surface area (Å²) in [6.45, 7) is 6.82. The van der Waals surface area contributed by atoms with Crippen LogP contribution in [0, 0.1) is 0 Å². The highest BCUT2D eigenvalue weighted by Crippen LogP contribution is 2.38. The van der Waals surface area contributed by atoms with Crippen molar-refractivity contribution in [2.24, 2.45) is 0 Å². The van der Waals surface area contributed by atoms with E-state index in [9.17, 15) is 19.0 Å². The number of carbonyl (C=O) groups excluding carboxylic acids is 2. The highest BCUT2D eigenvalue weighted by atomic mass is 31.2. The Morgan fingerprint density at radius 2 is 0.718 bits per heavy atom. The van der Waals surface area contributed by atoms with E-state index in [4.69, 9.17) is 13.8 Å². The number of hydrogen-bond donors (Lipinski definition) is 1. The molecule has 0 bridgehead atoms. The van der Waals surface area contributed by atoms with Crippen LogP contribution in [0.25, 0.3) is 0 Å². The summed E-state index contributed by atoms with van der Waals surface area (Å²) in [5, 5.41) is 3.04. The molecule has 85 heavy (non-hydrogen) atoms. The molecule has 0 heterocycles. The summed E-state index contributed by atoms with van der Waals surface area (Å²) in [6.07, 6.45) is 84.5. The topological polar surface area (TPSA) is 114 Å². The number of ether oxygens (including phenoxy) is 1. The van der Waals surface area contributed by atoms with Crippen molar-refractivity contribution < 1.29 is 37.3 Å². The summed E-state index contributed by atoms with van der Waals surface area (Å²) in [5.41, 5.74) is 0. The van der Waals surface area contributed by atoms with Crippen LogP contribution >= 0.6 is 7.82 Å². The van der Waals surface area contributed by atoms with Gasteiger partial charge in [0.25, 0.3) is 7.82 Å². The van der Waals surface area contributed by atoms with Crippen molar-refractivity contribution >= 4 is 19.7 Å². The first kappa shape index (κ1) is 82.5. The van der Waals surface area contributed by atoms with Crippen molar-refractivity contribution in [1.82, 2.24) is 5.32 Å². The first-order chi connectivity index (χ1) is 41.4. The number of esters is 1. The minimum absolute atomic E-state index is 0.0234. The lowest BCUT2D eigenvalue weighted by atomic mass is 10.0. The number of rotatable bonds is 66. The fourth-order valence-corrected chi connectivity index (χ4v) is 11.2. The van der Waals surface area contributed by atoms with Crippen LogP contribution in [-0.4, -0.2) is 69.4 Å². The van der Waals surface area contributed by atoms with Crippen LogP contribution in [0.5, 0.6) is 0 Å². The van der Waals surface area contributed by atoms with Gasteiger partial charge < -0.3 is 28.5 Å². The van der Waals surface area contributed by atoms with E-state index in [1.54, 1.807) is 0 Å². The van der Waals surface area contributed by atoms with E-state index >= 15 is 0 Å². The number of allylic oxidation sites excluding steroid dienone is 11. The molecule has 0 aromatic carbocycles. The van der Waals surface area contributed by atoms with Crippen molar-refractivity contribution in [3.8, 4) is 0 Å². The van der Waals surface area contributed by atoms with Gasteiger partial charge in [-0.3, -0.25) is 14.2 Å². The van der Waals surface area contributed by atoms with Gasteiger partial charge in [-0.15, -0.1) is 0 Å². The number of amides is 1. The summed E-state index contributed by atoms with van der Waals surface area (Å²) in [7, 11) is 1.19. The number of phosphoric ester groups is 1. The van der Waals surface area contributed by atoms with Crippen LogP contribution in [0.4, 0.5) is 0 Å². The lowest BCUT2D eigenvalue weighted by molar-refractivity contribution is -0.870. The predicted octanol–water partition coefficient (Wildman–Crippen LogP) is 22.5. The number of phosphoric acid groups is 1. The molecule has 0 aliphatic heterocycles. The Kier molecular flexibility index (Phi) is 62.5. The van der Waals surface area contributed by atoms with E-state index in [1.807, 2.05) is 33.3 Å². The maximum absolute atomic E-state index is 13.6. The lowest BCUT2D eigenvalue weighted by Gasteiger charge is -2.30. The second kappa shape index (κ2) is 64.4. The normalized spacial score (nSPS) is 13.9. The predicted molar refractivity (Wildman–Crippen MR) is 367 cm³/mol. The van der Waals surface area contributed by atoms with Gasteiger partial charge >= 0.3 is 5.97 Å². The smallest absolute Gasteiger partial charge is 0.306 e. The third-order valence-corrected chi connectivity index (χ3v) is 17.1. The fraction of sp³-hybridized carbons (Fsp3) is 0.813. The number of hydrogen-bond acceptors (Lipinski definition) is 7. The van der Waals surface area contributed by atoms with E-state index in [1.165, 1.54) is 231 Å². The van der Waals surface area contributed by atoms with Crippen molar-refractivity contribution in [2.75, 3.05) is 40.9 Å². The van der Waals surface area contributed by atoms with Gasteiger partial charge in [0.05, 0.1) is 33.8 Å². The molecule has 1 N–H and O–H groups in total. The molecule has 0 saturated heterocycles. The van der Waals surface area contributed by atoms with Gasteiger partial charge in [-0.05, 0) is 102 Å². The fourth-order valence-electron chi connectivity index (χ4n) is 10.5. The Morgan fingerprint density at radius 3 is 1.09 bits per heavy atom. The molecule has 3 unspecified atom stereocenters. The Hall–Kier alpha value is -2.55. The second-order valence-electron chi connectivity index (χ2n) is 25.7. The van der Waals surface area contributed by atoms with Crippen molar-refractivity contribution in [2.45, 2.75) is 354 Å². The number of likely N-dealkylation sites (N-methyl/N-ethyl adjacent to an activating group) is 1. The summed E-state index contributed by atoms with van der Waals surface area (Å²) >= 11 is 0. The molecular weight excluding hydrogens is 1070 g/mol. The largest absolute Gasteiger partial charge is 0.756 e. The van der Waals surface area contributed by atoms with Crippen LogP contribution < -0.4 is 10.2 Å². The first-order valence-corrected chi connectivity index (χ1v) is 37.7. The average Bonchev–Trinajstić information content (AvgIpc) is 3.58. The molecule has 10 heteroatoms. The number of carbonyl (C=O) groups is 2. The van der Waals surface area contributed by atoms with Gasteiger partial charge in [0.15, 0.2) is 0 Å². The number of unbranched alkanes of at least 4 members (excludes halogenated alkanes) is 40. The van der Waals surface area contributed by atoms with Gasteiger partial charge in [-0.25, -0.2) is 0 Å². The SMILES string of the molecule is CCCCC/C=C\C/C=C\C/C=C\CCCCCCCCCCCCCCC(=O)OC(/C=C/CCCCCCCCCCC)C(COP(=O)([O-])OCC[N+](C)(C)C)NC(=O)CCCCCCCCCCCCCCC/C=C\C/C=C\CCCCC. The summed E-state index contributed by atoms with van der Waals surface area (Å²) in [4.78, 5) is 40.2. The Balaban J connectivity index is 4.99. The van der Waals surface area contributed by atoms with Gasteiger partial charge in [0.1, 0.15) is 19.3 Å². The van der Waals surface area contributed by atoms with E-state index in [2.05, 4.69) is 86.8 Å². The van der Waals surface area contributed by atoms with Gasteiger partial charge in [0, 0.05) is 12.8 Å². The molecule has 0 spiro atoms. The molecule has 0 radical (unpaired) electrons. The molecule has 0 aliphatic rings. The molecule has 0 fully saturated rings. The molecule has 0 aromatic rings. The second-order valence-corrected chi connectivity index (χ2v) is 27.1. The lowest BCUT2D eigenvalue weighted by Crippen LogP contribution is -2.47. The van der Waals surface area contributed by atoms with E-state index in [0.717, 1.165) is 77.0 Å². The van der Waals surface area contributed by atoms with Crippen LogP contribution in [0.15, 0.2) is 72.9 Å². The van der Waals surface area contributed by atoms with E-state index in [-0.39, 0.29) is 31.5 Å². The Morgan fingerprint density at radius 1 is 0.412 bits per heavy atom. The quantitative estimate of drug-likeness (QED) is 0.0212. The van der Waals surface area contributed by atoms with Crippen molar-refractivity contribution in [3.05, 3.63) is 72.9 Å². The Bertz CT molecular complexity index is 1680. The molecular formula is C75H139N2O7P. The molecule has 9 nitrogen and oxygen atoms in total. The van der Waals surface area contributed by atoms with E-state index in [0.29, 0.717) is 17.4 Å². The monoisotopic (exact) mass is 1210 g/mol. The standard InChI is InChI=1S/C75H139N2O7P/c1-7-10-13-16-19-22-25-27-29-31-33-35-37-38-40-42-44-46-48-50-53-56-59-62-65-68-75(79)84-73(66-63-60-57-54-51-24-21-18-15-12-9-3)72(71-83-85(80,81)82-70-69-77(4,5)6)76-74(78)67-64-61-58-55-52-49-47-45-43-41-39-36-34-32-30-28-26-23-20-17-14-11-8-2/h19-20,22-23,27-30,33,35,63,66,72-73H,7-18,21,24-26,31-32,34,36-62,64-65,67-71H2,1-6H3,(H-,76,78,80,81)/b22-19-,23-20-,29-27-,30-28-,35-33-,66-63+. The zero-order chi connectivity index (χ0) is 62.1. The minimum atomic E-state index is -4.71. The first-order valence-electron chi connectivity index (χ1n) is 36.2. The Labute approximate surface area is 527 Å². The zero-order valence-corrected chi connectivity index (χ0v) is 57.7. The molecule has 0 saturated carbocycles. The summed E-state index contributed by atoms with van der Waals surface area (Å²) < 4.78 is 30.4. The number of quaternary nitrogens is 1. The molecule has 3 atom stereocenters. The number of nitrogens with zero attached hydrogens (tertiary/aromatic N) is 1. The van der Waals surface area contributed by atoms with Crippen LogP contribution in [0.2, 0.25) is 0 Å². The zero-order valence-electron chi connectivity index (χ0n) is 56.8. The maximum Gasteiger partial charge on any atom is 0.306 e. The summed E-state index contributed by atoms with van der Waals surface area (Å²) in [6, 6.07) is -0.892. The van der Waals surface area contributed by atoms with Crippen LogP contribution in [-0.2, 0) is 27.9 Å². The molecule has 0 rings (SSSR count). The molecule has 0 aromatic heterocycles. The average molecular weight is 1210 g/mol. The number of nitrogens with one attached hydrogen (secondary N) is 1. The third kappa shape index (κ3) is 65.7. The molecule has 0 aliphatic carbocycles. The van der Waals surface area contributed by atoms with Crippen LogP contribution in [0.1, 0.15) is 342 Å². The molecule has 1 amide bonds. The summed E-state index contributed by atoms with van der Waals surface area (Å²) in [5.74, 6) is -0.534. The van der Waals surface area contributed by atoms with Crippen molar-refractivity contribution in [3.63, 3.8) is 0 Å². The van der Waals surface area contributed by atoms with Crippen molar-refractivity contribution in [1.29, 1.82) is 0 Å². The highest BCUT2D eigenvalue weighted by molar-refractivity contribution is 7.45. The highest BCUT2D eigenvalue weighted by Gasteiger charge is 2.27. The minimum Gasteiger partial charge on any atom is -0.756 e. The van der Waals surface area contributed by atoms with Crippen LogP contribution in [0.3, 0.4) is 0 Å². The maximum atomic E-state index is 13.6. The van der Waals surface area contributed by atoms with E-state index < -0.39 is 20.0 Å². The van der Waals surface area contributed by atoms with Gasteiger partial charge in [-0.1, -0.05) is 299 Å². The van der Waals surface area contributed by atoms with Gasteiger partial charge in [-0.2, -0.15) is 0 Å². The molecule has 496 valence electrons. The third-order valence-electron chi connectivity index (χ3n) is 16.1. The van der Waals surface area contributed by atoms with Gasteiger partial charge in [0.2, 0.25) is 5.91 Å².